The topological polar surface area (TPSA) is 71.5 Å². The van der Waals surface area contributed by atoms with E-state index in [-0.39, 0.29) is 4.90 Å². The Morgan fingerprint density at radius 3 is 2.62 bits per heavy atom. The number of sulfonamides is 1. The van der Waals surface area contributed by atoms with E-state index in [0.29, 0.717) is 25.2 Å². The van der Waals surface area contributed by atoms with Crippen LogP contribution >= 0.6 is 0 Å². The van der Waals surface area contributed by atoms with Crippen molar-refractivity contribution in [2.45, 2.75) is 55.6 Å². The Balaban J connectivity index is 1.40. The van der Waals surface area contributed by atoms with Gasteiger partial charge in [0.1, 0.15) is 10.7 Å². The van der Waals surface area contributed by atoms with E-state index in [1.54, 1.807) is 16.4 Å². The van der Waals surface area contributed by atoms with Crippen LogP contribution in [0.15, 0.2) is 23.2 Å². The van der Waals surface area contributed by atoms with E-state index in [0.717, 1.165) is 44.0 Å². The number of hydrogen-bond acceptors (Lipinski definition) is 5. The lowest BCUT2D eigenvalue weighted by atomic mass is 10.00. The molecule has 6 nitrogen and oxygen atoms in total. The SMILES string of the molecule is O=S(=O)(c1ccc(NC2CCOC(C3CC3)C2)nc1)N1CCCC1. The summed E-state index contributed by atoms with van der Waals surface area (Å²) in [5, 5.41) is 3.44. The van der Waals surface area contributed by atoms with E-state index in [1.165, 1.54) is 19.0 Å². The summed E-state index contributed by atoms with van der Waals surface area (Å²) in [6.45, 7) is 2.03. The van der Waals surface area contributed by atoms with Gasteiger partial charge in [0.2, 0.25) is 10.0 Å². The van der Waals surface area contributed by atoms with Crippen molar-refractivity contribution in [2.24, 2.45) is 5.92 Å². The van der Waals surface area contributed by atoms with Gasteiger partial charge in [0, 0.05) is 31.9 Å². The van der Waals surface area contributed by atoms with Crippen molar-refractivity contribution >= 4 is 15.8 Å². The van der Waals surface area contributed by atoms with Crippen molar-refractivity contribution in [3.05, 3.63) is 18.3 Å². The van der Waals surface area contributed by atoms with Crippen LogP contribution in [0.25, 0.3) is 0 Å². The van der Waals surface area contributed by atoms with Crippen molar-refractivity contribution in [1.82, 2.24) is 9.29 Å². The van der Waals surface area contributed by atoms with Crippen molar-refractivity contribution in [3.8, 4) is 0 Å². The van der Waals surface area contributed by atoms with Crippen molar-refractivity contribution < 1.29 is 13.2 Å². The van der Waals surface area contributed by atoms with E-state index >= 15 is 0 Å². The first-order valence-corrected chi connectivity index (χ1v) is 10.4. The predicted molar refractivity (Wildman–Crippen MR) is 91.3 cm³/mol. The van der Waals surface area contributed by atoms with E-state index in [2.05, 4.69) is 10.3 Å². The number of anilines is 1. The molecule has 2 saturated heterocycles. The summed E-state index contributed by atoms with van der Waals surface area (Å²) in [4.78, 5) is 4.63. The molecule has 1 aromatic heterocycles. The minimum Gasteiger partial charge on any atom is -0.378 e. The van der Waals surface area contributed by atoms with Gasteiger partial charge in [-0.25, -0.2) is 13.4 Å². The van der Waals surface area contributed by atoms with Crippen LogP contribution in [0.1, 0.15) is 38.5 Å². The number of nitrogens with one attached hydrogen (secondary N) is 1. The number of rotatable bonds is 5. The molecule has 1 aromatic rings. The molecule has 3 heterocycles. The first-order valence-electron chi connectivity index (χ1n) is 8.97. The third-order valence-electron chi connectivity index (χ3n) is 5.25. The standard InChI is InChI=1S/C17H25N3O3S/c21-24(22,20-8-1-2-9-20)15-5-6-17(18-12-15)19-14-7-10-23-16(11-14)13-3-4-13/h5-6,12-14,16H,1-4,7-11H2,(H,18,19). The predicted octanol–water partition coefficient (Wildman–Crippen LogP) is 2.24. The zero-order valence-electron chi connectivity index (χ0n) is 13.9. The maximum Gasteiger partial charge on any atom is 0.244 e. The Bertz CT molecular complexity index is 667. The zero-order chi connectivity index (χ0) is 16.6. The minimum absolute atomic E-state index is 0.290. The second-order valence-electron chi connectivity index (χ2n) is 7.10. The van der Waals surface area contributed by atoms with Gasteiger partial charge in [-0.1, -0.05) is 0 Å². The summed E-state index contributed by atoms with van der Waals surface area (Å²) >= 11 is 0. The van der Waals surface area contributed by atoms with Crippen LogP contribution in [0.3, 0.4) is 0 Å². The van der Waals surface area contributed by atoms with Crippen LogP contribution in [-0.2, 0) is 14.8 Å². The maximum absolute atomic E-state index is 12.5. The molecule has 3 fully saturated rings. The summed E-state index contributed by atoms with van der Waals surface area (Å²) in [6.07, 6.45) is 8.31. The lowest BCUT2D eigenvalue weighted by Gasteiger charge is -2.30. The van der Waals surface area contributed by atoms with Crippen LogP contribution in [0.5, 0.6) is 0 Å². The van der Waals surface area contributed by atoms with Gasteiger partial charge >= 0.3 is 0 Å². The average Bonchev–Trinajstić information content (AvgIpc) is 3.29. The van der Waals surface area contributed by atoms with Crippen molar-refractivity contribution in [1.29, 1.82) is 0 Å². The molecule has 7 heteroatoms. The highest BCUT2D eigenvalue weighted by Crippen LogP contribution is 2.38. The van der Waals surface area contributed by atoms with Gasteiger partial charge in [-0.05, 0) is 56.6 Å². The first kappa shape index (κ1) is 16.3. The number of nitrogens with zero attached hydrogens (tertiary/aromatic N) is 2. The third-order valence-corrected chi connectivity index (χ3v) is 7.14. The van der Waals surface area contributed by atoms with Crippen LogP contribution in [0.4, 0.5) is 5.82 Å². The number of hydrogen-bond donors (Lipinski definition) is 1. The second kappa shape index (κ2) is 6.61. The van der Waals surface area contributed by atoms with Gasteiger partial charge in [-0.2, -0.15) is 4.31 Å². The normalized spacial score (nSPS) is 28.8. The van der Waals surface area contributed by atoms with Gasteiger partial charge in [0.25, 0.3) is 0 Å². The lowest BCUT2D eigenvalue weighted by Crippen LogP contribution is -2.35. The van der Waals surface area contributed by atoms with Crippen molar-refractivity contribution in [2.75, 3.05) is 25.0 Å². The summed E-state index contributed by atoms with van der Waals surface area (Å²) in [6, 6.07) is 3.81. The van der Waals surface area contributed by atoms with E-state index in [1.807, 2.05) is 0 Å². The fourth-order valence-electron chi connectivity index (χ4n) is 3.66. The fourth-order valence-corrected chi connectivity index (χ4v) is 5.12. The molecule has 132 valence electrons. The molecule has 3 aliphatic rings. The molecule has 2 atom stereocenters. The smallest absolute Gasteiger partial charge is 0.244 e. The van der Waals surface area contributed by atoms with Crippen molar-refractivity contribution in [3.63, 3.8) is 0 Å². The molecule has 1 saturated carbocycles. The number of pyridine rings is 1. The Morgan fingerprint density at radius 1 is 1.17 bits per heavy atom. The summed E-state index contributed by atoms with van der Waals surface area (Å²) in [7, 11) is -3.38. The van der Waals surface area contributed by atoms with E-state index in [4.69, 9.17) is 4.74 Å². The largest absolute Gasteiger partial charge is 0.378 e. The Hall–Kier alpha value is -1.18. The van der Waals surface area contributed by atoms with Gasteiger partial charge in [-0.15, -0.1) is 0 Å². The highest BCUT2D eigenvalue weighted by molar-refractivity contribution is 7.89. The summed E-state index contributed by atoms with van der Waals surface area (Å²) in [5.74, 6) is 1.49. The van der Waals surface area contributed by atoms with Gasteiger partial charge in [-0.3, -0.25) is 0 Å². The lowest BCUT2D eigenvalue weighted by molar-refractivity contribution is -0.00223. The molecule has 2 aliphatic heterocycles. The minimum atomic E-state index is -3.38. The molecule has 2 unspecified atom stereocenters. The number of ether oxygens (including phenoxy) is 1. The van der Waals surface area contributed by atoms with Crippen LogP contribution in [0, 0.1) is 5.92 Å². The van der Waals surface area contributed by atoms with Crippen LogP contribution < -0.4 is 5.32 Å². The molecular weight excluding hydrogens is 326 g/mol. The molecule has 4 rings (SSSR count). The second-order valence-corrected chi connectivity index (χ2v) is 9.04. The summed E-state index contributed by atoms with van der Waals surface area (Å²) in [5.41, 5.74) is 0. The molecule has 0 aromatic carbocycles. The fraction of sp³-hybridized carbons (Fsp3) is 0.706. The summed E-state index contributed by atoms with van der Waals surface area (Å²) < 4.78 is 32.4. The van der Waals surface area contributed by atoms with E-state index < -0.39 is 10.0 Å². The molecule has 0 amide bonds. The maximum atomic E-state index is 12.5. The molecule has 0 bridgehead atoms. The highest BCUT2D eigenvalue weighted by Gasteiger charge is 2.36. The molecule has 0 radical (unpaired) electrons. The van der Waals surface area contributed by atoms with Gasteiger partial charge < -0.3 is 10.1 Å². The monoisotopic (exact) mass is 351 g/mol. The number of aromatic nitrogens is 1. The van der Waals surface area contributed by atoms with Gasteiger partial charge in [0.15, 0.2) is 0 Å². The molecule has 0 spiro atoms. The Kier molecular flexibility index (Phi) is 4.49. The van der Waals surface area contributed by atoms with Crippen LogP contribution in [-0.4, -0.2) is 49.5 Å². The third kappa shape index (κ3) is 3.43. The Morgan fingerprint density at radius 2 is 1.96 bits per heavy atom. The highest BCUT2D eigenvalue weighted by atomic mass is 32.2. The molecule has 1 aliphatic carbocycles. The Labute approximate surface area is 143 Å². The van der Waals surface area contributed by atoms with E-state index in [9.17, 15) is 8.42 Å². The molecular formula is C17H25N3O3S. The first-order chi connectivity index (χ1) is 11.6. The quantitative estimate of drug-likeness (QED) is 0.881. The average molecular weight is 351 g/mol. The zero-order valence-corrected chi connectivity index (χ0v) is 14.7. The molecule has 24 heavy (non-hydrogen) atoms. The van der Waals surface area contributed by atoms with Crippen LogP contribution in [0.2, 0.25) is 0 Å². The van der Waals surface area contributed by atoms with Gasteiger partial charge in [0.05, 0.1) is 6.10 Å². The molecule has 1 N–H and O–H groups in total.